The Bertz CT molecular complexity index is 1320. The quantitative estimate of drug-likeness (QED) is 0.395. The number of benzene rings is 2. The number of hydrogen-bond donors (Lipinski definition) is 2. The van der Waals surface area contributed by atoms with Crippen molar-refractivity contribution >= 4 is 23.5 Å². The average Bonchev–Trinajstić information content (AvgIpc) is 3.41. The van der Waals surface area contributed by atoms with Crippen molar-refractivity contribution in [3.05, 3.63) is 71.4 Å². The normalized spacial score (nSPS) is 10.6. The second kappa shape index (κ2) is 9.63. The van der Waals surface area contributed by atoms with Crippen molar-refractivity contribution < 1.29 is 9.53 Å². The summed E-state index contributed by atoms with van der Waals surface area (Å²) in [7, 11) is 1.61. The Morgan fingerprint density at radius 2 is 1.91 bits per heavy atom. The Labute approximate surface area is 195 Å². The molecule has 0 unspecified atom stereocenters. The van der Waals surface area contributed by atoms with Crippen molar-refractivity contribution in [2.24, 2.45) is 0 Å². The molecule has 166 valence electrons. The van der Waals surface area contributed by atoms with Gasteiger partial charge in [-0.05, 0) is 43.7 Å². The van der Waals surface area contributed by atoms with Crippen LogP contribution in [0.1, 0.15) is 16.8 Å². The molecule has 0 aliphatic carbocycles. The molecule has 0 aliphatic rings. The van der Waals surface area contributed by atoms with E-state index >= 15 is 0 Å². The smallest absolute Gasteiger partial charge is 0.236 e. The molecule has 0 spiro atoms. The summed E-state index contributed by atoms with van der Waals surface area (Å²) < 4.78 is 7.11. The van der Waals surface area contributed by atoms with Crippen LogP contribution in [0.4, 0.5) is 5.82 Å². The highest BCUT2D eigenvalue weighted by molar-refractivity contribution is 7.99. The first-order valence-electron chi connectivity index (χ1n) is 10.2. The fraction of sp³-hybridized carbons (Fsp3) is 0.167. The van der Waals surface area contributed by atoms with Gasteiger partial charge in [0, 0.05) is 16.9 Å². The number of methoxy groups -OCH3 is 1. The summed E-state index contributed by atoms with van der Waals surface area (Å²) in [6, 6.07) is 19.3. The number of H-pyrrole nitrogens is 1. The summed E-state index contributed by atoms with van der Waals surface area (Å²) in [5, 5.41) is 20.2. The Morgan fingerprint density at radius 3 is 2.58 bits per heavy atom. The average molecular weight is 459 g/mol. The molecule has 0 fully saturated rings. The number of thioether (sulfide) groups is 1. The van der Waals surface area contributed by atoms with Crippen LogP contribution < -0.4 is 10.1 Å². The van der Waals surface area contributed by atoms with Crippen molar-refractivity contribution in [1.82, 2.24) is 19.7 Å². The first kappa shape index (κ1) is 22.2. The number of aromatic amines is 1. The summed E-state index contributed by atoms with van der Waals surface area (Å²) in [6.07, 6.45) is 0. The second-order valence-corrected chi connectivity index (χ2v) is 8.19. The van der Waals surface area contributed by atoms with Gasteiger partial charge in [0.15, 0.2) is 5.82 Å². The third-order valence-corrected chi connectivity index (χ3v) is 6.11. The maximum atomic E-state index is 12.8. The molecule has 4 aromatic rings. The highest BCUT2D eigenvalue weighted by Crippen LogP contribution is 2.31. The van der Waals surface area contributed by atoms with Crippen molar-refractivity contribution in [2.75, 3.05) is 18.2 Å². The van der Waals surface area contributed by atoms with Crippen molar-refractivity contribution in [1.29, 1.82) is 5.26 Å². The third kappa shape index (κ3) is 4.61. The fourth-order valence-corrected chi connectivity index (χ4v) is 4.05. The first-order valence-corrected chi connectivity index (χ1v) is 11.2. The van der Waals surface area contributed by atoms with Crippen LogP contribution in [0, 0.1) is 25.2 Å². The second-order valence-electron chi connectivity index (χ2n) is 7.25. The van der Waals surface area contributed by atoms with Gasteiger partial charge in [0.1, 0.15) is 17.6 Å². The Hall–Kier alpha value is -4.03. The summed E-state index contributed by atoms with van der Waals surface area (Å²) in [4.78, 5) is 17.2. The van der Waals surface area contributed by atoms with Gasteiger partial charge in [-0.15, -0.1) is 5.10 Å². The molecule has 2 aromatic carbocycles. The minimum absolute atomic E-state index is 0.100. The SMILES string of the molecule is COc1ccc(-n2c(C)c(C)c(C#N)c2NC(=O)CSc2n[nH]c(-c3ccccc3)n2)cc1. The number of anilines is 1. The lowest BCUT2D eigenvalue weighted by Crippen LogP contribution is -2.17. The molecule has 1 amide bonds. The summed E-state index contributed by atoms with van der Waals surface area (Å²) in [6.45, 7) is 3.79. The lowest BCUT2D eigenvalue weighted by molar-refractivity contribution is -0.113. The van der Waals surface area contributed by atoms with Gasteiger partial charge in [-0.2, -0.15) is 5.26 Å². The van der Waals surface area contributed by atoms with Crippen LogP contribution >= 0.6 is 11.8 Å². The molecule has 8 nitrogen and oxygen atoms in total. The van der Waals surface area contributed by atoms with E-state index in [9.17, 15) is 10.1 Å². The Morgan fingerprint density at radius 1 is 1.18 bits per heavy atom. The van der Waals surface area contributed by atoms with Gasteiger partial charge in [-0.1, -0.05) is 42.1 Å². The first-order chi connectivity index (χ1) is 16.0. The molecular formula is C24H22N6O2S. The summed E-state index contributed by atoms with van der Waals surface area (Å²) in [5.74, 6) is 1.66. The number of hydrogen-bond acceptors (Lipinski definition) is 6. The van der Waals surface area contributed by atoms with Crippen LogP contribution in [-0.2, 0) is 4.79 Å². The largest absolute Gasteiger partial charge is 0.497 e. The van der Waals surface area contributed by atoms with Crippen LogP contribution in [-0.4, -0.2) is 38.5 Å². The number of nitrogens with one attached hydrogen (secondary N) is 2. The van der Waals surface area contributed by atoms with E-state index in [2.05, 4.69) is 26.6 Å². The van der Waals surface area contributed by atoms with E-state index in [0.29, 0.717) is 22.4 Å². The molecule has 9 heteroatoms. The van der Waals surface area contributed by atoms with E-state index in [4.69, 9.17) is 4.74 Å². The molecular weight excluding hydrogens is 436 g/mol. The maximum absolute atomic E-state index is 12.8. The number of nitrogens with zero attached hydrogens (tertiary/aromatic N) is 4. The molecule has 0 saturated heterocycles. The van der Waals surface area contributed by atoms with Crippen LogP contribution in [0.15, 0.2) is 59.8 Å². The van der Waals surface area contributed by atoms with Crippen LogP contribution in [0.2, 0.25) is 0 Å². The van der Waals surface area contributed by atoms with Crippen molar-refractivity contribution in [3.63, 3.8) is 0 Å². The van der Waals surface area contributed by atoms with Gasteiger partial charge < -0.3 is 10.1 Å². The third-order valence-electron chi connectivity index (χ3n) is 5.26. The van der Waals surface area contributed by atoms with Gasteiger partial charge in [0.25, 0.3) is 0 Å². The zero-order valence-corrected chi connectivity index (χ0v) is 19.2. The van der Waals surface area contributed by atoms with Gasteiger partial charge in [-0.3, -0.25) is 14.5 Å². The zero-order valence-electron chi connectivity index (χ0n) is 18.4. The number of rotatable bonds is 7. The summed E-state index contributed by atoms with van der Waals surface area (Å²) in [5.41, 5.74) is 3.87. The van der Waals surface area contributed by atoms with Crippen LogP contribution in [0.3, 0.4) is 0 Å². The predicted molar refractivity (Wildman–Crippen MR) is 128 cm³/mol. The lowest BCUT2D eigenvalue weighted by atomic mass is 10.2. The zero-order chi connectivity index (χ0) is 23.4. The van der Waals surface area contributed by atoms with Crippen molar-refractivity contribution in [2.45, 2.75) is 19.0 Å². The van der Waals surface area contributed by atoms with E-state index in [0.717, 1.165) is 28.3 Å². The van der Waals surface area contributed by atoms with E-state index in [1.165, 1.54) is 11.8 Å². The molecule has 0 radical (unpaired) electrons. The fourth-order valence-electron chi connectivity index (χ4n) is 3.45. The predicted octanol–water partition coefficient (Wildman–Crippen LogP) is 4.49. The highest BCUT2D eigenvalue weighted by atomic mass is 32.2. The molecule has 0 atom stereocenters. The monoisotopic (exact) mass is 458 g/mol. The topological polar surface area (TPSA) is 109 Å². The van der Waals surface area contributed by atoms with Gasteiger partial charge in [0.05, 0.1) is 18.4 Å². The van der Waals surface area contributed by atoms with Crippen molar-refractivity contribution in [3.8, 4) is 28.9 Å². The van der Waals surface area contributed by atoms with Gasteiger partial charge in [-0.25, -0.2) is 4.98 Å². The molecule has 4 rings (SSSR count). The minimum atomic E-state index is -0.255. The van der Waals surface area contributed by atoms with Crippen LogP contribution in [0.5, 0.6) is 5.75 Å². The molecule has 0 aliphatic heterocycles. The molecule has 2 heterocycles. The molecule has 33 heavy (non-hydrogen) atoms. The standard InChI is InChI=1S/C24H22N6O2S/c1-15-16(2)30(18-9-11-19(32-3)12-10-18)23(20(15)13-25)26-21(31)14-33-24-27-22(28-29-24)17-7-5-4-6-8-17/h4-12H,14H2,1-3H3,(H,26,31)(H,27,28,29). The number of ether oxygens (including phenoxy) is 1. The van der Waals surface area contributed by atoms with E-state index < -0.39 is 0 Å². The van der Waals surface area contributed by atoms with E-state index in [1.54, 1.807) is 7.11 Å². The van der Waals surface area contributed by atoms with Crippen LogP contribution in [0.25, 0.3) is 17.1 Å². The molecule has 0 bridgehead atoms. The number of carbonyl (C=O) groups is 1. The van der Waals surface area contributed by atoms with Gasteiger partial charge >= 0.3 is 0 Å². The number of aromatic nitrogens is 4. The number of amides is 1. The highest BCUT2D eigenvalue weighted by Gasteiger charge is 2.21. The summed E-state index contributed by atoms with van der Waals surface area (Å²) >= 11 is 1.22. The molecule has 2 N–H and O–H groups in total. The number of carbonyl (C=O) groups excluding carboxylic acids is 1. The number of nitriles is 1. The minimum Gasteiger partial charge on any atom is -0.497 e. The Kier molecular flexibility index (Phi) is 6.47. The van der Waals surface area contributed by atoms with E-state index in [-0.39, 0.29) is 11.7 Å². The maximum Gasteiger partial charge on any atom is 0.236 e. The Balaban J connectivity index is 1.52. The molecule has 2 aromatic heterocycles. The van der Waals surface area contributed by atoms with Gasteiger partial charge in [0.2, 0.25) is 11.1 Å². The van der Waals surface area contributed by atoms with E-state index in [1.807, 2.05) is 73.0 Å². The lowest BCUT2D eigenvalue weighted by Gasteiger charge is -2.13. The molecule has 0 saturated carbocycles.